The minimum Gasteiger partial charge on any atom is -0.367 e. The van der Waals surface area contributed by atoms with Gasteiger partial charge in [0.15, 0.2) is 0 Å². The average molecular weight is 238 g/mol. The second kappa shape index (κ2) is 3.46. The van der Waals surface area contributed by atoms with E-state index >= 15 is 0 Å². The van der Waals surface area contributed by atoms with Gasteiger partial charge in [0.05, 0.1) is 6.61 Å². The number of halogens is 1. The molecule has 16 heavy (non-hydrogen) atoms. The van der Waals surface area contributed by atoms with Gasteiger partial charge in [0, 0.05) is 17.6 Å². The van der Waals surface area contributed by atoms with Crippen LogP contribution in [-0.2, 0) is 10.3 Å². The van der Waals surface area contributed by atoms with Crippen molar-refractivity contribution in [1.82, 2.24) is 5.32 Å². The lowest BCUT2D eigenvalue weighted by Gasteiger charge is -2.28. The highest BCUT2D eigenvalue weighted by atomic mass is 35.5. The van der Waals surface area contributed by atoms with Gasteiger partial charge >= 0.3 is 0 Å². The summed E-state index contributed by atoms with van der Waals surface area (Å²) in [4.78, 5) is 0. The Morgan fingerprint density at radius 3 is 2.50 bits per heavy atom. The van der Waals surface area contributed by atoms with Crippen LogP contribution in [0.4, 0.5) is 0 Å². The highest BCUT2D eigenvalue weighted by Gasteiger charge is 2.47. The molecule has 2 fully saturated rings. The maximum Gasteiger partial charge on any atom is 0.107 e. The van der Waals surface area contributed by atoms with Crippen molar-refractivity contribution >= 4 is 11.6 Å². The first-order valence-corrected chi connectivity index (χ1v) is 6.13. The monoisotopic (exact) mass is 237 g/mol. The lowest BCUT2D eigenvalue weighted by atomic mass is 9.90. The normalized spacial score (nSPS) is 32.3. The summed E-state index contributed by atoms with van der Waals surface area (Å²) < 4.78 is 5.97. The van der Waals surface area contributed by atoms with Crippen molar-refractivity contribution in [2.75, 3.05) is 13.2 Å². The van der Waals surface area contributed by atoms with Gasteiger partial charge in [-0.2, -0.15) is 0 Å². The molecule has 0 spiro atoms. The lowest BCUT2D eigenvalue weighted by molar-refractivity contribution is -0.00965. The number of hydrogen-bond donors (Lipinski definition) is 1. The lowest BCUT2D eigenvalue weighted by Crippen LogP contribution is -2.37. The van der Waals surface area contributed by atoms with E-state index in [0.29, 0.717) is 6.04 Å². The smallest absolute Gasteiger partial charge is 0.107 e. The van der Waals surface area contributed by atoms with Gasteiger partial charge in [-0.25, -0.2) is 0 Å². The standard InChI is InChI=1S/C13H16ClNO/c1-8-3-10(4-9(2)12(8)14)13-5-11(6-16-13)15-7-13/h3-4,11,15H,5-7H2,1-2H3. The molecule has 0 amide bonds. The van der Waals surface area contributed by atoms with Crippen LogP contribution in [0.1, 0.15) is 23.1 Å². The van der Waals surface area contributed by atoms with Crippen molar-refractivity contribution in [2.45, 2.75) is 31.9 Å². The van der Waals surface area contributed by atoms with Crippen molar-refractivity contribution < 1.29 is 4.74 Å². The molecule has 0 radical (unpaired) electrons. The van der Waals surface area contributed by atoms with E-state index in [9.17, 15) is 0 Å². The minimum atomic E-state index is -0.0925. The van der Waals surface area contributed by atoms with Gasteiger partial charge in [-0.3, -0.25) is 0 Å². The first-order chi connectivity index (χ1) is 7.61. The molecule has 0 aromatic heterocycles. The van der Waals surface area contributed by atoms with Crippen LogP contribution in [0, 0.1) is 13.8 Å². The van der Waals surface area contributed by atoms with Gasteiger partial charge in [0.1, 0.15) is 5.60 Å². The Hall–Kier alpha value is -0.570. The summed E-state index contributed by atoms with van der Waals surface area (Å²) in [6.07, 6.45) is 1.09. The summed E-state index contributed by atoms with van der Waals surface area (Å²) in [5.41, 5.74) is 3.47. The molecule has 2 atom stereocenters. The SMILES string of the molecule is Cc1cc(C23CNC(CO2)C3)cc(C)c1Cl. The van der Waals surface area contributed by atoms with E-state index in [1.165, 1.54) is 5.56 Å². The van der Waals surface area contributed by atoms with E-state index in [1.807, 2.05) is 0 Å². The molecular weight excluding hydrogens is 222 g/mol. The number of morpholine rings is 1. The van der Waals surface area contributed by atoms with E-state index < -0.39 is 0 Å². The first-order valence-electron chi connectivity index (χ1n) is 5.75. The zero-order valence-corrected chi connectivity index (χ0v) is 10.4. The number of nitrogens with one attached hydrogen (secondary N) is 1. The van der Waals surface area contributed by atoms with E-state index in [1.54, 1.807) is 0 Å². The molecule has 1 N–H and O–H groups in total. The first kappa shape index (κ1) is 10.6. The fourth-order valence-electron chi connectivity index (χ4n) is 2.85. The number of benzene rings is 1. The number of fused-ring (bicyclic) bond motifs is 2. The fourth-order valence-corrected chi connectivity index (χ4v) is 2.96. The van der Waals surface area contributed by atoms with Gasteiger partial charge in [0.2, 0.25) is 0 Å². The second-order valence-electron chi connectivity index (χ2n) is 5.01. The average Bonchev–Trinajstić information content (AvgIpc) is 2.86. The Balaban J connectivity index is 2.07. The number of hydrogen-bond acceptors (Lipinski definition) is 2. The third-order valence-corrected chi connectivity index (χ3v) is 4.37. The van der Waals surface area contributed by atoms with Crippen LogP contribution < -0.4 is 5.32 Å². The second-order valence-corrected chi connectivity index (χ2v) is 5.39. The zero-order chi connectivity index (χ0) is 11.3. The number of aryl methyl sites for hydroxylation is 2. The molecule has 3 rings (SSSR count). The summed E-state index contributed by atoms with van der Waals surface area (Å²) in [5.74, 6) is 0. The molecule has 2 nitrogen and oxygen atoms in total. The summed E-state index contributed by atoms with van der Waals surface area (Å²) in [6, 6.07) is 4.88. The molecule has 0 saturated carbocycles. The van der Waals surface area contributed by atoms with Crippen LogP contribution in [-0.4, -0.2) is 19.2 Å². The van der Waals surface area contributed by atoms with E-state index in [-0.39, 0.29) is 5.60 Å². The van der Waals surface area contributed by atoms with Gasteiger partial charge in [0.25, 0.3) is 0 Å². The number of ether oxygens (including phenoxy) is 1. The Kier molecular flexibility index (Phi) is 2.29. The summed E-state index contributed by atoms with van der Waals surface area (Å²) in [6.45, 7) is 5.88. The molecule has 1 aromatic carbocycles. The largest absolute Gasteiger partial charge is 0.367 e. The molecule has 2 aliphatic rings. The van der Waals surface area contributed by atoms with E-state index in [0.717, 1.165) is 35.7 Å². The molecule has 86 valence electrons. The third kappa shape index (κ3) is 1.41. The molecule has 2 heterocycles. The summed E-state index contributed by atoms with van der Waals surface area (Å²) in [5, 5.41) is 4.37. The highest BCUT2D eigenvalue weighted by Crippen LogP contribution is 2.41. The van der Waals surface area contributed by atoms with Gasteiger partial charge in [-0.1, -0.05) is 23.7 Å². The third-order valence-electron chi connectivity index (χ3n) is 3.78. The Bertz CT molecular complexity index is 413. The van der Waals surface area contributed by atoms with Crippen LogP contribution in [0.25, 0.3) is 0 Å². The molecule has 2 bridgehead atoms. The van der Waals surface area contributed by atoms with Crippen molar-refractivity contribution in [1.29, 1.82) is 0 Å². The minimum absolute atomic E-state index is 0.0925. The van der Waals surface area contributed by atoms with Gasteiger partial charge in [-0.05, 0) is 37.0 Å². The molecule has 3 heteroatoms. The fraction of sp³-hybridized carbons (Fsp3) is 0.538. The predicted molar refractivity (Wildman–Crippen MR) is 65.0 cm³/mol. The van der Waals surface area contributed by atoms with Crippen molar-refractivity contribution in [3.05, 3.63) is 33.8 Å². The molecule has 0 aliphatic carbocycles. The molecule has 2 saturated heterocycles. The molecule has 1 aromatic rings. The van der Waals surface area contributed by atoms with Crippen LogP contribution in [0.15, 0.2) is 12.1 Å². The summed E-state index contributed by atoms with van der Waals surface area (Å²) in [7, 11) is 0. The van der Waals surface area contributed by atoms with Crippen LogP contribution in [0.5, 0.6) is 0 Å². The van der Waals surface area contributed by atoms with Gasteiger partial charge < -0.3 is 10.1 Å². The molecular formula is C13H16ClNO. The predicted octanol–water partition coefficient (Wildman–Crippen LogP) is 2.54. The van der Waals surface area contributed by atoms with Crippen LogP contribution in [0.3, 0.4) is 0 Å². The van der Waals surface area contributed by atoms with Crippen LogP contribution >= 0.6 is 11.6 Å². The highest BCUT2D eigenvalue weighted by molar-refractivity contribution is 6.32. The molecule has 2 unspecified atom stereocenters. The van der Waals surface area contributed by atoms with Crippen molar-refractivity contribution in [3.8, 4) is 0 Å². The topological polar surface area (TPSA) is 21.3 Å². The molecule has 2 aliphatic heterocycles. The Morgan fingerprint density at radius 1 is 1.38 bits per heavy atom. The van der Waals surface area contributed by atoms with Gasteiger partial charge in [-0.15, -0.1) is 0 Å². The zero-order valence-electron chi connectivity index (χ0n) is 9.64. The Morgan fingerprint density at radius 2 is 2.06 bits per heavy atom. The quantitative estimate of drug-likeness (QED) is 0.811. The Labute approximate surface area is 101 Å². The van der Waals surface area contributed by atoms with Crippen LogP contribution in [0.2, 0.25) is 5.02 Å². The van der Waals surface area contributed by atoms with Crippen molar-refractivity contribution in [3.63, 3.8) is 0 Å². The van der Waals surface area contributed by atoms with Crippen molar-refractivity contribution in [2.24, 2.45) is 0 Å². The summed E-state index contributed by atoms with van der Waals surface area (Å²) >= 11 is 6.20. The maximum absolute atomic E-state index is 6.20. The van der Waals surface area contributed by atoms with E-state index in [4.69, 9.17) is 16.3 Å². The maximum atomic E-state index is 6.20. The van der Waals surface area contributed by atoms with E-state index in [2.05, 4.69) is 31.3 Å². The number of rotatable bonds is 1.